The molecule has 0 radical (unpaired) electrons. The van der Waals surface area contributed by atoms with Gasteiger partial charge in [-0.05, 0) is 25.5 Å². The number of hydrogen-bond acceptors (Lipinski definition) is 3. The van der Waals surface area contributed by atoms with E-state index < -0.39 is 0 Å². The third-order valence-corrected chi connectivity index (χ3v) is 2.91. The van der Waals surface area contributed by atoms with Crippen LogP contribution in [0.2, 0.25) is 0 Å². The maximum absolute atomic E-state index is 11.7. The molecule has 1 aromatic carbocycles. The van der Waals surface area contributed by atoms with Crippen molar-refractivity contribution in [3.05, 3.63) is 35.9 Å². The number of carbonyl (C=O) groups is 1. The van der Waals surface area contributed by atoms with Gasteiger partial charge in [0.1, 0.15) is 0 Å². The van der Waals surface area contributed by atoms with Gasteiger partial charge in [-0.3, -0.25) is 4.79 Å². The minimum Gasteiger partial charge on any atom is -0.385 e. The van der Waals surface area contributed by atoms with Crippen LogP contribution in [0.3, 0.4) is 0 Å². The molecule has 0 bridgehead atoms. The minimum atomic E-state index is 0.0576. The number of nitrogens with one attached hydrogen (secondary N) is 2. The molecule has 19 heavy (non-hydrogen) atoms. The first kappa shape index (κ1) is 15.7. The molecule has 0 heterocycles. The molecule has 4 nitrogen and oxygen atoms in total. The van der Waals surface area contributed by atoms with E-state index in [0.29, 0.717) is 13.0 Å². The second-order valence-corrected chi connectivity index (χ2v) is 4.55. The van der Waals surface area contributed by atoms with E-state index in [2.05, 4.69) is 10.6 Å². The van der Waals surface area contributed by atoms with Gasteiger partial charge in [0.2, 0.25) is 5.91 Å². The number of methoxy groups -OCH3 is 1. The van der Waals surface area contributed by atoms with Gasteiger partial charge in [0, 0.05) is 26.7 Å². The molecule has 1 amide bonds. The molecule has 1 rings (SSSR count). The Hall–Kier alpha value is -1.39. The summed E-state index contributed by atoms with van der Waals surface area (Å²) in [5, 5.41) is 6.22. The van der Waals surface area contributed by atoms with E-state index in [1.165, 1.54) is 0 Å². The van der Waals surface area contributed by atoms with E-state index in [9.17, 15) is 4.79 Å². The minimum absolute atomic E-state index is 0.0576. The Morgan fingerprint density at radius 3 is 2.68 bits per heavy atom. The van der Waals surface area contributed by atoms with Gasteiger partial charge in [-0.25, -0.2) is 0 Å². The molecule has 1 unspecified atom stereocenters. The van der Waals surface area contributed by atoms with Crippen molar-refractivity contribution in [2.45, 2.75) is 25.8 Å². The lowest BCUT2D eigenvalue weighted by Crippen LogP contribution is -2.30. The van der Waals surface area contributed by atoms with E-state index in [0.717, 1.165) is 25.1 Å². The average Bonchev–Trinajstić information content (AvgIpc) is 2.43. The topological polar surface area (TPSA) is 50.4 Å². The number of ether oxygens (including phenoxy) is 1. The average molecular weight is 264 g/mol. The molecule has 0 aliphatic heterocycles. The standard InChI is InChI=1S/C15H24N2O2/c1-13(14-7-4-3-5-8-14)17-15(18)9-11-16-10-6-12-19-2/h3-5,7-8,13,16H,6,9-12H2,1-2H3,(H,17,18). The Morgan fingerprint density at radius 2 is 2.00 bits per heavy atom. The number of amides is 1. The molecular weight excluding hydrogens is 240 g/mol. The molecule has 2 N–H and O–H groups in total. The maximum Gasteiger partial charge on any atom is 0.221 e. The molecule has 0 fully saturated rings. The molecule has 0 aromatic heterocycles. The highest BCUT2D eigenvalue weighted by atomic mass is 16.5. The van der Waals surface area contributed by atoms with Gasteiger partial charge in [0.15, 0.2) is 0 Å². The summed E-state index contributed by atoms with van der Waals surface area (Å²) in [5.41, 5.74) is 1.13. The van der Waals surface area contributed by atoms with Crippen molar-refractivity contribution in [3.8, 4) is 0 Å². The van der Waals surface area contributed by atoms with E-state index in [-0.39, 0.29) is 11.9 Å². The zero-order chi connectivity index (χ0) is 13.9. The maximum atomic E-state index is 11.7. The van der Waals surface area contributed by atoms with Gasteiger partial charge in [-0.2, -0.15) is 0 Å². The van der Waals surface area contributed by atoms with Crippen LogP contribution in [0, 0.1) is 0 Å². The molecule has 4 heteroatoms. The highest BCUT2D eigenvalue weighted by Crippen LogP contribution is 2.10. The number of rotatable bonds is 9. The number of carbonyl (C=O) groups excluding carboxylic acids is 1. The van der Waals surface area contributed by atoms with Gasteiger partial charge >= 0.3 is 0 Å². The van der Waals surface area contributed by atoms with Gasteiger partial charge in [-0.1, -0.05) is 30.3 Å². The van der Waals surface area contributed by atoms with Crippen LogP contribution in [0.5, 0.6) is 0 Å². The van der Waals surface area contributed by atoms with Crippen molar-refractivity contribution in [3.63, 3.8) is 0 Å². The van der Waals surface area contributed by atoms with Crippen molar-refractivity contribution >= 4 is 5.91 Å². The zero-order valence-electron chi connectivity index (χ0n) is 11.8. The highest BCUT2D eigenvalue weighted by Gasteiger charge is 2.08. The van der Waals surface area contributed by atoms with Crippen molar-refractivity contribution < 1.29 is 9.53 Å². The van der Waals surface area contributed by atoms with E-state index >= 15 is 0 Å². The summed E-state index contributed by atoms with van der Waals surface area (Å²) >= 11 is 0. The third kappa shape index (κ3) is 6.94. The summed E-state index contributed by atoms with van der Waals surface area (Å²) in [5.74, 6) is 0.0793. The van der Waals surface area contributed by atoms with Gasteiger partial charge in [0.05, 0.1) is 6.04 Å². The van der Waals surface area contributed by atoms with Gasteiger partial charge < -0.3 is 15.4 Å². The normalized spacial score (nSPS) is 12.1. The molecule has 106 valence electrons. The monoisotopic (exact) mass is 264 g/mol. The van der Waals surface area contributed by atoms with Crippen LogP contribution in [0.4, 0.5) is 0 Å². The van der Waals surface area contributed by atoms with Gasteiger partial charge in [-0.15, -0.1) is 0 Å². The Morgan fingerprint density at radius 1 is 1.26 bits per heavy atom. The molecular formula is C15H24N2O2. The molecule has 1 atom stereocenters. The second kappa shape index (κ2) is 9.53. The van der Waals surface area contributed by atoms with Gasteiger partial charge in [0.25, 0.3) is 0 Å². The molecule has 0 aliphatic carbocycles. The zero-order valence-corrected chi connectivity index (χ0v) is 11.8. The highest BCUT2D eigenvalue weighted by molar-refractivity contribution is 5.76. The third-order valence-electron chi connectivity index (χ3n) is 2.91. The number of benzene rings is 1. The lowest BCUT2D eigenvalue weighted by molar-refractivity contribution is -0.121. The molecule has 1 aromatic rings. The van der Waals surface area contributed by atoms with E-state index in [1.54, 1.807) is 7.11 Å². The summed E-state index contributed by atoms with van der Waals surface area (Å²) < 4.78 is 4.95. The van der Waals surface area contributed by atoms with Crippen LogP contribution in [0.1, 0.15) is 31.4 Å². The molecule has 0 saturated carbocycles. The van der Waals surface area contributed by atoms with Crippen LogP contribution >= 0.6 is 0 Å². The summed E-state index contributed by atoms with van der Waals surface area (Å²) in [6.07, 6.45) is 1.47. The van der Waals surface area contributed by atoms with Crippen LogP contribution < -0.4 is 10.6 Å². The summed E-state index contributed by atoms with van der Waals surface area (Å²) in [7, 11) is 1.69. The second-order valence-electron chi connectivity index (χ2n) is 4.55. The van der Waals surface area contributed by atoms with Crippen molar-refractivity contribution in [1.29, 1.82) is 0 Å². The summed E-state index contributed by atoms with van der Waals surface area (Å²) in [4.78, 5) is 11.7. The van der Waals surface area contributed by atoms with Crippen molar-refractivity contribution in [2.24, 2.45) is 0 Å². The van der Waals surface area contributed by atoms with Crippen LogP contribution in [0.15, 0.2) is 30.3 Å². The predicted molar refractivity (Wildman–Crippen MR) is 77.0 cm³/mol. The molecule has 0 aliphatic rings. The largest absolute Gasteiger partial charge is 0.385 e. The first-order valence-corrected chi connectivity index (χ1v) is 6.78. The Balaban J connectivity index is 2.14. The lowest BCUT2D eigenvalue weighted by atomic mass is 10.1. The van der Waals surface area contributed by atoms with Crippen LogP contribution in [-0.4, -0.2) is 32.7 Å². The fourth-order valence-corrected chi connectivity index (χ4v) is 1.81. The van der Waals surface area contributed by atoms with Crippen LogP contribution in [-0.2, 0) is 9.53 Å². The fourth-order valence-electron chi connectivity index (χ4n) is 1.81. The lowest BCUT2D eigenvalue weighted by Gasteiger charge is -2.14. The van der Waals surface area contributed by atoms with E-state index in [1.807, 2.05) is 37.3 Å². The summed E-state index contributed by atoms with van der Waals surface area (Å²) in [6.45, 7) is 4.34. The van der Waals surface area contributed by atoms with E-state index in [4.69, 9.17) is 4.74 Å². The molecule has 0 saturated heterocycles. The first-order valence-electron chi connectivity index (χ1n) is 6.78. The Bertz CT molecular complexity index is 354. The number of hydrogen-bond donors (Lipinski definition) is 2. The fraction of sp³-hybridized carbons (Fsp3) is 0.533. The molecule has 0 spiro atoms. The first-order chi connectivity index (χ1) is 9.24. The van der Waals surface area contributed by atoms with Crippen molar-refractivity contribution in [1.82, 2.24) is 10.6 Å². The van der Waals surface area contributed by atoms with Crippen molar-refractivity contribution in [2.75, 3.05) is 26.8 Å². The smallest absolute Gasteiger partial charge is 0.221 e. The SMILES string of the molecule is COCCCNCCC(=O)NC(C)c1ccccc1. The van der Waals surface area contributed by atoms with Crippen LogP contribution in [0.25, 0.3) is 0 Å². The Labute approximate surface area is 115 Å². The Kier molecular flexibility index (Phi) is 7.86. The predicted octanol–water partition coefficient (Wildman–Crippen LogP) is 1.88. The quantitative estimate of drug-likeness (QED) is 0.670. The summed E-state index contributed by atoms with van der Waals surface area (Å²) in [6, 6.07) is 10.0.